The average Bonchev–Trinajstić information content (AvgIpc) is 2.73. The van der Waals surface area contributed by atoms with Gasteiger partial charge in [-0.25, -0.2) is 0 Å². The number of rotatable bonds is 8. The minimum atomic E-state index is 0.343. The third-order valence-electron chi connectivity index (χ3n) is 4.80. The van der Waals surface area contributed by atoms with E-state index in [4.69, 9.17) is 5.73 Å². The smallest absolute Gasteiger partial charge is 0.222 e. The Morgan fingerprint density at radius 1 is 1.15 bits per heavy atom. The van der Waals surface area contributed by atoms with Crippen LogP contribution in [0.4, 0.5) is 0 Å². The van der Waals surface area contributed by atoms with E-state index in [1.807, 2.05) is 11.9 Å². The number of carbonyl (C=O) groups is 1. The summed E-state index contributed by atoms with van der Waals surface area (Å²) < 4.78 is 0. The Labute approximate surface area is 125 Å². The van der Waals surface area contributed by atoms with Crippen molar-refractivity contribution in [1.82, 2.24) is 4.90 Å². The molecule has 2 N–H and O–H groups in total. The number of amides is 1. The van der Waals surface area contributed by atoms with E-state index in [1.165, 1.54) is 51.4 Å². The Bertz CT molecular complexity index is 254. The summed E-state index contributed by atoms with van der Waals surface area (Å²) in [6.45, 7) is 2.96. The first-order valence-electron chi connectivity index (χ1n) is 8.64. The van der Waals surface area contributed by atoms with Crippen LogP contribution >= 0.6 is 0 Å². The van der Waals surface area contributed by atoms with Crippen molar-refractivity contribution >= 4 is 5.91 Å². The van der Waals surface area contributed by atoms with E-state index in [9.17, 15) is 4.79 Å². The highest BCUT2D eigenvalue weighted by molar-refractivity contribution is 5.76. The lowest BCUT2D eigenvalue weighted by molar-refractivity contribution is -0.132. The van der Waals surface area contributed by atoms with Gasteiger partial charge < -0.3 is 10.6 Å². The van der Waals surface area contributed by atoms with Crippen LogP contribution in [-0.2, 0) is 4.79 Å². The second-order valence-corrected chi connectivity index (χ2v) is 6.42. The van der Waals surface area contributed by atoms with Crippen molar-refractivity contribution in [2.24, 2.45) is 11.7 Å². The molecule has 1 saturated carbocycles. The molecule has 0 aliphatic heterocycles. The van der Waals surface area contributed by atoms with Crippen molar-refractivity contribution in [3.8, 4) is 0 Å². The van der Waals surface area contributed by atoms with Gasteiger partial charge in [-0.1, -0.05) is 45.4 Å². The molecule has 20 heavy (non-hydrogen) atoms. The predicted octanol–water partition coefficient (Wildman–Crippen LogP) is 3.71. The molecule has 1 amide bonds. The predicted molar refractivity (Wildman–Crippen MR) is 85.6 cm³/mol. The van der Waals surface area contributed by atoms with E-state index >= 15 is 0 Å². The molecule has 0 heterocycles. The van der Waals surface area contributed by atoms with Gasteiger partial charge in [0.1, 0.15) is 0 Å². The molecule has 1 aliphatic carbocycles. The standard InChI is InChI=1S/C17H34N2O/c1-3-8-15(13-14-18)11-12-17(20)19(2)16-9-6-4-5-7-10-16/h15-16H,3-14,18H2,1-2H3. The first kappa shape index (κ1) is 17.5. The van der Waals surface area contributed by atoms with Crippen molar-refractivity contribution in [3.63, 3.8) is 0 Å². The third-order valence-corrected chi connectivity index (χ3v) is 4.80. The highest BCUT2D eigenvalue weighted by Crippen LogP contribution is 2.23. The molecule has 118 valence electrons. The minimum absolute atomic E-state index is 0.343. The number of hydrogen-bond donors (Lipinski definition) is 1. The van der Waals surface area contributed by atoms with Crippen molar-refractivity contribution < 1.29 is 4.79 Å². The van der Waals surface area contributed by atoms with Gasteiger partial charge in [0.05, 0.1) is 0 Å². The summed E-state index contributed by atoms with van der Waals surface area (Å²) in [4.78, 5) is 14.4. The van der Waals surface area contributed by atoms with Gasteiger partial charge >= 0.3 is 0 Å². The van der Waals surface area contributed by atoms with Crippen LogP contribution in [0.1, 0.15) is 77.6 Å². The highest BCUT2D eigenvalue weighted by Gasteiger charge is 2.21. The van der Waals surface area contributed by atoms with Crippen molar-refractivity contribution in [2.45, 2.75) is 83.6 Å². The fraction of sp³-hybridized carbons (Fsp3) is 0.941. The molecule has 0 radical (unpaired) electrons. The average molecular weight is 282 g/mol. The van der Waals surface area contributed by atoms with Crippen molar-refractivity contribution in [3.05, 3.63) is 0 Å². The summed E-state index contributed by atoms with van der Waals surface area (Å²) in [7, 11) is 2.01. The quantitative estimate of drug-likeness (QED) is 0.690. The molecule has 0 aromatic carbocycles. The van der Waals surface area contributed by atoms with Gasteiger partial charge in [-0.15, -0.1) is 0 Å². The summed E-state index contributed by atoms with van der Waals surface area (Å²) in [5.74, 6) is 0.978. The number of nitrogens with zero attached hydrogens (tertiary/aromatic N) is 1. The van der Waals surface area contributed by atoms with E-state index in [0.29, 0.717) is 24.3 Å². The van der Waals surface area contributed by atoms with Crippen LogP contribution in [-0.4, -0.2) is 30.4 Å². The van der Waals surface area contributed by atoms with E-state index in [2.05, 4.69) is 6.92 Å². The number of hydrogen-bond acceptors (Lipinski definition) is 2. The number of nitrogens with two attached hydrogens (primary N) is 1. The van der Waals surface area contributed by atoms with Gasteiger partial charge in [0.2, 0.25) is 5.91 Å². The fourth-order valence-electron chi connectivity index (χ4n) is 3.43. The molecule has 0 bridgehead atoms. The van der Waals surface area contributed by atoms with Crippen LogP contribution in [0.2, 0.25) is 0 Å². The van der Waals surface area contributed by atoms with Crippen molar-refractivity contribution in [2.75, 3.05) is 13.6 Å². The van der Waals surface area contributed by atoms with Crippen LogP contribution in [0, 0.1) is 5.92 Å². The number of carbonyl (C=O) groups excluding carboxylic acids is 1. The monoisotopic (exact) mass is 282 g/mol. The summed E-state index contributed by atoms with van der Waals surface area (Å²) in [5.41, 5.74) is 5.66. The Balaban J connectivity index is 2.35. The molecule has 0 spiro atoms. The lowest BCUT2D eigenvalue weighted by Crippen LogP contribution is -2.36. The molecular formula is C17H34N2O. The van der Waals surface area contributed by atoms with Crippen LogP contribution in [0.25, 0.3) is 0 Å². The Hall–Kier alpha value is -0.570. The molecule has 1 rings (SSSR count). The first-order valence-corrected chi connectivity index (χ1v) is 8.64. The van der Waals surface area contributed by atoms with Crippen LogP contribution in [0.15, 0.2) is 0 Å². The fourth-order valence-corrected chi connectivity index (χ4v) is 3.43. The maximum atomic E-state index is 12.4. The van der Waals surface area contributed by atoms with Crippen LogP contribution in [0.5, 0.6) is 0 Å². The normalized spacial score (nSPS) is 18.6. The van der Waals surface area contributed by atoms with Gasteiger partial charge in [0.25, 0.3) is 0 Å². The molecule has 3 heteroatoms. The van der Waals surface area contributed by atoms with Crippen molar-refractivity contribution in [1.29, 1.82) is 0 Å². The van der Waals surface area contributed by atoms with E-state index in [-0.39, 0.29) is 0 Å². The summed E-state index contributed by atoms with van der Waals surface area (Å²) >= 11 is 0. The minimum Gasteiger partial charge on any atom is -0.343 e. The molecule has 0 aromatic heterocycles. The second-order valence-electron chi connectivity index (χ2n) is 6.42. The van der Waals surface area contributed by atoms with Gasteiger partial charge in [-0.05, 0) is 38.1 Å². The molecule has 3 nitrogen and oxygen atoms in total. The van der Waals surface area contributed by atoms with Gasteiger partial charge in [0, 0.05) is 19.5 Å². The van der Waals surface area contributed by atoms with E-state index in [1.54, 1.807) is 0 Å². The Morgan fingerprint density at radius 2 is 1.80 bits per heavy atom. The summed E-state index contributed by atoms with van der Waals surface area (Å²) in [6, 6.07) is 0.490. The zero-order valence-corrected chi connectivity index (χ0v) is 13.6. The Kier molecular flexibility index (Phi) is 8.92. The van der Waals surface area contributed by atoms with Gasteiger partial charge in [0.15, 0.2) is 0 Å². The lowest BCUT2D eigenvalue weighted by Gasteiger charge is -2.28. The second kappa shape index (κ2) is 10.2. The lowest BCUT2D eigenvalue weighted by atomic mass is 9.94. The highest BCUT2D eigenvalue weighted by atomic mass is 16.2. The Morgan fingerprint density at radius 3 is 2.35 bits per heavy atom. The topological polar surface area (TPSA) is 46.3 Å². The molecular weight excluding hydrogens is 248 g/mol. The summed E-state index contributed by atoms with van der Waals surface area (Å²) in [6.07, 6.45) is 12.8. The third kappa shape index (κ3) is 6.25. The zero-order valence-electron chi connectivity index (χ0n) is 13.6. The largest absolute Gasteiger partial charge is 0.343 e. The van der Waals surface area contributed by atoms with Crippen LogP contribution in [0.3, 0.4) is 0 Å². The summed E-state index contributed by atoms with van der Waals surface area (Å²) in [5, 5.41) is 0. The SMILES string of the molecule is CCCC(CCN)CCC(=O)N(C)C1CCCCCC1. The van der Waals surface area contributed by atoms with E-state index < -0.39 is 0 Å². The van der Waals surface area contributed by atoms with Gasteiger partial charge in [-0.2, -0.15) is 0 Å². The molecule has 1 unspecified atom stereocenters. The molecule has 1 aliphatic rings. The van der Waals surface area contributed by atoms with Crippen LogP contribution < -0.4 is 5.73 Å². The van der Waals surface area contributed by atoms with E-state index in [0.717, 1.165) is 19.4 Å². The molecule has 0 aromatic rings. The molecule has 1 fully saturated rings. The molecule has 0 saturated heterocycles. The first-order chi connectivity index (χ1) is 9.69. The van der Waals surface area contributed by atoms with Gasteiger partial charge in [-0.3, -0.25) is 4.79 Å². The maximum absolute atomic E-state index is 12.4. The zero-order chi connectivity index (χ0) is 14.8. The molecule has 1 atom stereocenters. The maximum Gasteiger partial charge on any atom is 0.222 e.